The summed E-state index contributed by atoms with van der Waals surface area (Å²) in [6.45, 7) is 5.26. The van der Waals surface area contributed by atoms with Crippen LogP contribution < -0.4 is 5.32 Å². The molecule has 0 saturated carbocycles. The molecule has 1 aromatic carbocycles. The van der Waals surface area contributed by atoms with Gasteiger partial charge < -0.3 is 4.57 Å². The Bertz CT molecular complexity index is 1330. The molecule has 0 aliphatic rings. The highest BCUT2D eigenvalue weighted by Gasteiger charge is 2.20. The van der Waals surface area contributed by atoms with Gasteiger partial charge in [-0.3, -0.25) is 10.1 Å². The van der Waals surface area contributed by atoms with Gasteiger partial charge in [0.05, 0.1) is 5.75 Å². The van der Waals surface area contributed by atoms with E-state index in [0.29, 0.717) is 10.6 Å². The minimum atomic E-state index is -3.58. The van der Waals surface area contributed by atoms with Gasteiger partial charge in [-0.05, 0) is 49.8 Å². The Kier molecular flexibility index (Phi) is 6.59. The molecule has 3 aromatic rings. The number of benzene rings is 1. The van der Waals surface area contributed by atoms with E-state index in [1.807, 2.05) is 48.7 Å². The van der Waals surface area contributed by atoms with E-state index in [1.165, 1.54) is 13.0 Å². The van der Waals surface area contributed by atoms with Crippen LogP contribution in [-0.4, -0.2) is 34.0 Å². The summed E-state index contributed by atoms with van der Waals surface area (Å²) < 4.78 is 29.4. The van der Waals surface area contributed by atoms with E-state index in [0.717, 1.165) is 28.6 Å². The number of aryl methyl sites for hydroxylation is 1. The van der Waals surface area contributed by atoms with Crippen molar-refractivity contribution in [2.24, 2.45) is 0 Å². The second-order valence-corrected chi connectivity index (χ2v) is 9.91. The number of sulfone groups is 1. The lowest BCUT2D eigenvalue weighted by Gasteiger charge is -2.10. The highest BCUT2D eigenvalue weighted by molar-refractivity contribution is 7.91. The number of halogens is 1. The van der Waals surface area contributed by atoms with E-state index in [2.05, 4.69) is 14.7 Å². The first-order valence-electron chi connectivity index (χ1n) is 9.10. The van der Waals surface area contributed by atoms with E-state index in [1.54, 1.807) is 6.07 Å². The van der Waals surface area contributed by atoms with Gasteiger partial charge in [-0.25, -0.2) is 8.42 Å². The summed E-state index contributed by atoms with van der Waals surface area (Å²) in [4.78, 5) is 16.4. The number of nitrogens with zero attached hydrogens (tertiary/aromatic N) is 4. The molecule has 0 fully saturated rings. The van der Waals surface area contributed by atoms with Crippen LogP contribution >= 0.6 is 23.1 Å². The standard InChI is InChI=1S/C20H18ClN5O3S2/c1-4-31(28,29)20-24-19(30-25-20)23-18(27)15(11-22)9-14-8-12(2)26(13(14)3)17-7-5-6-16(21)10-17/h5-10H,4H2,1-3H3,(H,23,24,25,27)/b15-9-. The third-order valence-corrected chi connectivity index (χ3v) is 6.97. The van der Waals surface area contributed by atoms with Crippen molar-refractivity contribution < 1.29 is 13.2 Å². The fourth-order valence-corrected chi connectivity index (χ4v) is 4.70. The molecular formula is C20H18ClN5O3S2. The molecule has 0 aliphatic heterocycles. The quantitative estimate of drug-likeness (QED) is 0.426. The molecule has 0 saturated heterocycles. The van der Waals surface area contributed by atoms with Crippen molar-refractivity contribution >= 4 is 50.1 Å². The minimum absolute atomic E-state index is 0.00238. The van der Waals surface area contributed by atoms with Gasteiger partial charge in [-0.1, -0.05) is 24.6 Å². The summed E-state index contributed by atoms with van der Waals surface area (Å²) in [6, 6.07) is 11.1. The van der Waals surface area contributed by atoms with Crippen LogP contribution in [0.1, 0.15) is 23.9 Å². The van der Waals surface area contributed by atoms with E-state index in [-0.39, 0.29) is 21.6 Å². The van der Waals surface area contributed by atoms with Gasteiger partial charge in [-0.15, -0.1) is 0 Å². The van der Waals surface area contributed by atoms with Gasteiger partial charge in [0, 0.05) is 33.6 Å². The average Bonchev–Trinajstić information content (AvgIpc) is 3.30. The summed E-state index contributed by atoms with van der Waals surface area (Å²) in [5, 5.41) is 12.2. The number of carbonyl (C=O) groups is 1. The predicted molar refractivity (Wildman–Crippen MR) is 120 cm³/mol. The third-order valence-electron chi connectivity index (χ3n) is 4.49. The lowest BCUT2D eigenvalue weighted by atomic mass is 10.1. The van der Waals surface area contributed by atoms with E-state index in [4.69, 9.17) is 11.6 Å². The zero-order valence-electron chi connectivity index (χ0n) is 16.9. The largest absolute Gasteiger partial charge is 0.318 e. The molecular weight excluding hydrogens is 458 g/mol. The average molecular weight is 476 g/mol. The number of amides is 1. The van der Waals surface area contributed by atoms with E-state index in [9.17, 15) is 18.5 Å². The molecule has 0 radical (unpaired) electrons. The highest BCUT2D eigenvalue weighted by atomic mass is 35.5. The van der Waals surface area contributed by atoms with Crippen LogP contribution in [0.2, 0.25) is 5.02 Å². The smallest absolute Gasteiger partial charge is 0.268 e. The molecule has 11 heteroatoms. The lowest BCUT2D eigenvalue weighted by molar-refractivity contribution is -0.112. The number of carbonyl (C=O) groups excluding carboxylic acids is 1. The summed E-state index contributed by atoms with van der Waals surface area (Å²) in [5.74, 6) is -0.852. The topological polar surface area (TPSA) is 118 Å². The lowest BCUT2D eigenvalue weighted by Crippen LogP contribution is -2.14. The van der Waals surface area contributed by atoms with Gasteiger partial charge in [0.2, 0.25) is 15.0 Å². The van der Waals surface area contributed by atoms with Crippen LogP contribution in [0.5, 0.6) is 0 Å². The predicted octanol–water partition coefficient (Wildman–Crippen LogP) is 3.94. The van der Waals surface area contributed by atoms with Crippen molar-refractivity contribution in [2.75, 3.05) is 11.1 Å². The maximum Gasteiger partial charge on any atom is 0.268 e. The summed E-state index contributed by atoms with van der Waals surface area (Å²) in [7, 11) is -3.58. The zero-order valence-corrected chi connectivity index (χ0v) is 19.3. The molecule has 160 valence electrons. The number of aromatic nitrogens is 3. The first kappa shape index (κ1) is 22.7. The highest BCUT2D eigenvalue weighted by Crippen LogP contribution is 2.25. The summed E-state index contributed by atoms with van der Waals surface area (Å²) in [6.07, 6.45) is 1.48. The molecule has 1 N–H and O–H groups in total. The summed E-state index contributed by atoms with van der Waals surface area (Å²) in [5.41, 5.74) is 3.13. The molecule has 1 amide bonds. The number of anilines is 1. The SMILES string of the molecule is CCS(=O)(=O)c1nsc(NC(=O)/C(C#N)=C\c2cc(C)n(-c3cccc(Cl)c3)c2C)n1. The second kappa shape index (κ2) is 9.01. The van der Waals surface area contributed by atoms with Crippen molar-refractivity contribution in [1.29, 1.82) is 5.26 Å². The van der Waals surface area contributed by atoms with Crippen LogP contribution in [0.15, 0.2) is 41.1 Å². The Hall–Kier alpha value is -3.00. The molecule has 31 heavy (non-hydrogen) atoms. The molecule has 2 heterocycles. The molecule has 8 nitrogen and oxygen atoms in total. The van der Waals surface area contributed by atoms with E-state index >= 15 is 0 Å². The Labute approximate surface area is 188 Å². The first-order valence-corrected chi connectivity index (χ1v) is 11.9. The molecule has 0 unspecified atom stereocenters. The molecule has 0 spiro atoms. The molecule has 2 aromatic heterocycles. The Morgan fingerprint density at radius 3 is 2.74 bits per heavy atom. The monoisotopic (exact) mass is 475 g/mol. The van der Waals surface area contributed by atoms with Gasteiger partial charge in [0.1, 0.15) is 11.6 Å². The Morgan fingerprint density at radius 2 is 2.10 bits per heavy atom. The van der Waals surface area contributed by atoms with Gasteiger partial charge in [0.15, 0.2) is 0 Å². The Balaban J connectivity index is 1.90. The zero-order chi connectivity index (χ0) is 22.8. The second-order valence-electron chi connectivity index (χ2n) is 6.55. The van der Waals surface area contributed by atoms with Gasteiger partial charge in [-0.2, -0.15) is 14.6 Å². The summed E-state index contributed by atoms with van der Waals surface area (Å²) >= 11 is 6.84. The van der Waals surface area contributed by atoms with Gasteiger partial charge >= 0.3 is 0 Å². The van der Waals surface area contributed by atoms with Crippen LogP contribution in [0.25, 0.3) is 11.8 Å². The van der Waals surface area contributed by atoms with Crippen molar-refractivity contribution in [3.8, 4) is 11.8 Å². The fraction of sp³-hybridized carbons (Fsp3) is 0.200. The fourth-order valence-electron chi connectivity index (χ4n) is 2.93. The van der Waals surface area contributed by atoms with Crippen LogP contribution in [0.3, 0.4) is 0 Å². The van der Waals surface area contributed by atoms with E-state index < -0.39 is 15.7 Å². The maximum absolute atomic E-state index is 12.6. The normalized spacial score (nSPS) is 11.9. The van der Waals surface area contributed by atoms with Crippen molar-refractivity contribution in [3.63, 3.8) is 0 Å². The number of nitriles is 1. The number of rotatable bonds is 6. The van der Waals surface area contributed by atoms with Crippen molar-refractivity contribution in [2.45, 2.75) is 25.9 Å². The maximum atomic E-state index is 12.6. The molecule has 3 rings (SSSR count). The van der Waals surface area contributed by atoms with Crippen molar-refractivity contribution in [1.82, 2.24) is 13.9 Å². The third kappa shape index (κ3) is 4.85. The van der Waals surface area contributed by atoms with Gasteiger partial charge in [0.25, 0.3) is 11.1 Å². The van der Waals surface area contributed by atoms with Crippen molar-refractivity contribution in [3.05, 3.63) is 57.9 Å². The number of hydrogen-bond donors (Lipinski definition) is 1. The van der Waals surface area contributed by atoms with Crippen LogP contribution in [0.4, 0.5) is 5.13 Å². The first-order chi connectivity index (χ1) is 14.7. The van der Waals surface area contributed by atoms with Crippen LogP contribution in [0, 0.1) is 25.2 Å². The molecule has 0 bridgehead atoms. The molecule has 0 atom stereocenters. The number of nitrogens with one attached hydrogen (secondary N) is 1. The number of hydrogen-bond acceptors (Lipinski definition) is 7. The Morgan fingerprint density at radius 1 is 1.35 bits per heavy atom. The molecule has 0 aliphatic carbocycles. The minimum Gasteiger partial charge on any atom is -0.318 e. The van der Waals surface area contributed by atoms with Crippen LogP contribution in [-0.2, 0) is 14.6 Å².